The molecule has 7 heteroatoms. The van der Waals surface area contributed by atoms with E-state index in [1.165, 1.54) is 13.2 Å². The number of hydrogen-bond acceptors (Lipinski definition) is 4. The number of carbonyl (C=O) groups is 2. The SMILES string of the molecule is COc1cc(C(=O)N(Cc2ccccc2F)C2CC2)ccc1OCC(N)=O. The molecule has 0 saturated heterocycles. The van der Waals surface area contributed by atoms with Crippen LogP contribution < -0.4 is 15.2 Å². The molecule has 0 aliphatic heterocycles. The minimum atomic E-state index is -0.609. The Hall–Kier alpha value is -3.09. The van der Waals surface area contributed by atoms with E-state index in [0.29, 0.717) is 22.6 Å². The Morgan fingerprint density at radius 2 is 1.93 bits per heavy atom. The number of primary amides is 1. The van der Waals surface area contributed by atoms with Crippen LogP contribution in [-0.2, 0) is 11.3 Å². The van der Waals surface area contributed by atoms with Gasteiger partial charge in [0.15, 0.2) is 18.1 Å². The van der Waals surface area contributed by atoms with Crippen LogP contribution in [0, 0.1) is 5.82 Å². The van der Waals surface area contributed by atoms with Gasteiger partial charge in [0.25, 0.3) is 11.8 Å². The number of halogens is 1. The molecule has 0 spiro atoms. The van der Waals surface area contributed by atoms with Gasteiger partial charge in [-0.25, -0.2) is 4.39 Å². The van der Waals surface area contributed by atoms with Gasteiger partial charge in [0, 0.05) is 23.7 Å². The Labute approximate surface area is 156 Å². The van der Waals surface area contributed by atoms with Crippen LogP contribution in [-0.4, -0.2) is 36.5 Å². The molecule has 2 N–H and O–H groups in total. The molecule has 2 amide bonds. The zero-order chi connectivity index (χ0) is 19.4. The van der Waals surface area contributed by atoms with Crippen LogP contribution in [0.2, 0.25) is 0 Å². The predicted octanol–water partition coefficient (Wildman–Crippen LogP) is 2.50. The molecular weight excluding hydrogens is 351 g/mol. The van der Waals surface area contributed by atoms with Gasteiger partial charge in [-0.05, 0) is 37.1 Å². The zero-order valence-electron chi connectivity index (χ0n) is 15.0. The first-order chi connectivity index (χ1) is 13.0. The van der Waals surface area contributed by atoms with Crippen molar-refractivity contribution >= 4 is 11.8 Å². The van der Waals surface area contributed by atoms with Gasteiger partial charge >= 0.3 is 0 Å². The molecule has 27 heavy (non-hydrogen) atoms. The molecule has 0 radical (unpaired) electrons. The van der Waals surface area contributed by atoms with E-state index in [4.69, 9.17) is 15.2 Å². The number of benzene rings is 2. The highest BCUT2D eigenvalue weighted by Gasteiger charge is 2.33. The van der Waals surface area contributed by atoms with Crippen LogP contribution in [0.1, 0.15) is 28.8 Å². The van der Waals surface area contributed by atoms with Crippen molar-refractivity contribution < 1.29 is 23.5 Å². The van der Waals surface area contributed by atoms with Crippen molar-refractivity contribution in [3.05, 3.63) is 59.4 Å². The van der Waals surface area contributed by atoms with Crippen LogP contribution in [0.3, 0.4) is 0 Å². The molecule has 1 aliphatic carbocycles. The highest BCUT2D eigenvalue weighted by molar-refractivity contribution is 5.95. The maximum Gasteiger partial charge on any atom is 0.255 e. The van der Waals surface area contributed by atoms with Crippen LogP contribution in [0.5, 0.6) is 11.5 Å². The fraction of sp³-hybridized carbons (Fsp3) is 0.300. The summed E-state index contributed by atoms with van der Waals surface area (Å²) < 4.78 is 24.5. The summed E-state index contributed by atoms with van der Waals surface area (Å²) in [5.41, 5.74) is 5.96. The lowest BCUT2D eigenvalue weighted by Crippen LogP contribution is -2.33. The molecule has 0 heterocycles. The molecule has 3 rings (SSSR count). The van der Waals surface area contributed by atoms with Gasteiger partial charge in [-0.15, -0.1) is 0 Å². The summed E-state index contributed by atoms with van der Waals surface area (Å²) in [6.07, 6.45) is 1.80. The molecule has 0 aromatic heterocycles. The van der Waals surface area contributed by atoms with Crippen molar-refractivity contribution in [1.29, 1.82) is 0 Å². The number of hydrogen-bond donors (Lipinski definition) is 1. The number of ether oxygens (including phenoxy) is 2. The highest BCUT2D eigenvalue weighted by Crippen LogP contribution is 2.33. The molecule has 2 aromatic carbocycles. The number of nitrogens with two attached hydrogens (primary N) is 1. The van der Waals surface area contributed by atoms with E-state index in [2.05, 4.69) is 0 Å². The van der Waals surface area contributed by atoms with Crippen molar-refractivity contribution in [3.63, 3.8) is 0 Å². The molecule has 1 aliphatic rings. The van der Waals surface area contributed by atoms with Gasteiger partial charge in [-0.2, -0.15) is 0 Å². The first kappa shape index (κ1) is 18.7. The molecule has 0 atom stereocenters. The third-order valence-corrected chi connectivity index (χ3v) is 4.33. The Kier molecular flexibility index (Phi) is 5.59. The standard InChI is InChI=1S/C20H21FN2O4/c1-26-18-10-13(6-9-17(18)27-12-19(22)24)20(25)23(15-7-8-15)11-14-4-2-3-5-16(14)21/h2-6,9-10,15H,7-8,11-12H2,1H3,(H2,22,24). The molecule has 0 unspecified atom stereocenters. The monoisotopic (exact) mass is 372 g/mol. The van der Waals surface area contributed by atoms with Crippen LogP contribution in [0.4, 0.5) is 4.39 Å². The fourth-order valence-electron chi connectivity index (χ4n) is 2.80. The van der Waals surface area contributed by atoms with Gasteiger partial charge in [0.2, 0.25) is 0 Å². The second-order valence-electron chi connectivity index (χ2n) is 6.38. The van der Waals surface area contributed by atoms with Gasteiger partial charge < -0.3 is 20.1 Å². The lowest BCUT2D eigenvalue weighted by Gasteiger charge is -2.23. The Morgan fingerprint density at radius 1 is 1.19 bits per heavy atom. The van der Waals surface area contributed by atoms with E-state index >= 15 is 0 Å². The largest absolute Gasteiger partial charge is 0.493 e. The summed E-state index contributed by atoms with van der Waals surface area (Å²) in [6, 6.07) is 11.3. The summed E-state index contributed by atoms with van der Waals surface area (Å²) >= 11 is 0. The number of methoxy groups -OCH3 is 1. The van der Waals surface area contributed by atoms with Gasteiger partial charge in [-0.3, -0.25) is 9.59 Å². The molecule has 0 bridgehead atoms. The molecular formula is C20H21FN2O4. The molecule has 1 fully saturated rings. The summed E-state index contributed by atoms with van der Waals surface area (Å²) in [7, 11) is 1.44. The average Bonchev–Trinajstić information content (AvgIpc) is 3.50. The summed E-state index contributed by atoms with van der Waals surface area (Å²) in [5, 5.41) is 0. The van der Waals surface area contributed by atoms with E-state index in [-0.39, 0.29) is 30.9 Å². The highest BCUT2D eigenvalue weighted by atomic mass is 19.1. The van der Waals surface area contributed by atoms with Crippen molar-refractivity contribution in [3.8, 4) is 11.5 Å². The van der Waals surface area contributed by atoms with Crippen LogP contribution in [0.25, 0.3) is 0 Å². The van der Waals surface area contributed by atoms with Crippen LogP contribution >= 0.6 is 0 Å². The van der Waals surface area contributed by atoms with E-state index in [1.54, 1.807) is 41.3 Å². The van der Waals surface area contributed by atoms with E-state index in [0.717, 1.165) is 12.8 Å². The van der Waals surface area contributed by atoms with Crippen molar-refractivity contribution in [1.82, 2.24) is 4.90 Å². The van der Waals surface area contributed by atoms with Gasteiger partial charge in [-0.1, -0.05) is 18.2 Å². The average molecular weight is 372 g/mol. The number of rotatable bonds is 8. The summed E-state index contributed by atoms with van der Waals surface area (Å²) in [4.78, 5) is 25.6. The topological polar surface area (TPSA) is 81.9 Å². The number of amides is 2. The maximum atomic E-state index is 14.0. The Balaban J connectivity index is 1.82. The summed E-state index contributed by atoms with van der Waals surface area (Å²) in [5.74, 6) is -0.505. The second-order valence-corrected chi connectivity index (χ2v) is 6.38. The maximum absolute atomic E-state index is 14.0. The zero-order valence-corrected chi connectivity index (χ0v) is 15.0. The third-order valence-electron chi connectivity index (χ3n) is 4.33. The molecule has 6 nitrogen and oxygen atoms in total. The minimum absolute atomic E-state index is 0.105. The first-order valence-corrected chi connectivity index (χ1v) is 8.63. The quantitative estimate of drug-likeness (QED) is 0.772. The van der Waals surface area contributed by atoms with Crippen LogP contribution in [0.15, 0.2) is 42.5 Å². The normalized spacial score (nSPS) is 13.1. The Morgan fingerprint density at radius 3 is 2.56 bits per heavy atom. The second kappa shape index (κ2) is 8.07. The smallest absolute Gasteiger partial charge is 0.255 e. The lowest BCUT2D eigenvalue weighted by atomic mass is 10.1. The number of carbonyl (C=O) groups excluding carboxylic acids is 2. The van der Waals surface area contributed by atoms with Gasteiger partial charge in [0.05, 0.1) is 7.11 Å². The Bertz CT molecular complexity index is 852. The summed E-state index contributed by atoms with van der Waals surface area (Å²) in [6.45, 7) is -0.0798. The molecule has 142 valence electrons. The van der Waals surface area contributed by atoms with Crippen molar-refractivity contribution in [2.24, 2.45) is 5.73 Å². The van der Waals surface area contributed by atoms with E-state index < -0.39 is 5.91 Å². The third kappa shape index (κ3) is 4.55. The fourth-order valence-corrected chi connectivity index (χ4v) is 2.80. The van der Waals surface area contributed by atoms with Crippen molar-refractivity contribution in [2.45, 2.75) is 25.4 Å². The van der Waals surface area contributed by atoms with Gasteiger partial charge in [0.1, 0.15) is 5.82 Å². The van der Waals surface area contributed by atoms with Crippen molar-refractivity contribution in [2.75, 3.05) is 13.7 Å². The molecule has 2 aromatic rings. The minimum Gasteiger partial charge on any atom is -0.493 e. The van der Waals surface area contributed by atoms with E-state index in [1.807, 2.05) is 0 Å². The van der Waals surface area contributed by atoms with E-state index in [9.17, 15) is 14.0 Å². The predicted molar refractivity (Wildman–Crippen MR) is 97.0 cm³/mol. The first-order valence-electron chi connectivity index (χ1n) is 8.63. The molecule has 1 saturated carbocycles. The number of nitrogens with zero attached hydrogens (tertiary/aromatic N) is 1. The lowest BCUT2D eigenvalue weighted by molar-refractivity contribution is -0.119.